The van der Waals surface area contributed by atoms with Crippen LogP contribution in [0.5, 0.6) is 5.75 Å². The molecule has 0 radical (unpaired) electrons. The number of hydrogen-bond donors (Lipinski definition) is 3. The van der Waals surface area contributed by atoms with Gasteiger partial charge in [-0.1, -0.05) is 6.07 Å². The van der Waals surface area contributed by atoms with E-state index in [0.717, 1.165) is 34.7 Å². The zero-order valence-electron chi connectivity index (χ0n) is 17.7. The van der Waals surface area contributed by atoms with E-state index in [2.05, 4.69) is 9.84 Å². The number of rotatable bonds is 6. The summed E-state index contributed by atoms with van der Waals surface area (Å²) in [6.45, 7) is -1.95. The van der Waals surface area contributed by atoms with Gasteiger partial charge in [-0.15, -0.1) is 0 Å². The maximum atomic E-state index is 12.2. The Morgan fingerprint density at radius 3 is 2.61 bits per heavy atom. The molecule has 8 nitrogen and oxygen atoms in total. The number of carbonyl (C=O) groups is 1. The summed E-state index contributed by atoms with van der Waals surface area (Å²) in [6, 6.07) is 14.8. The first-order chi connectivity index (χ1) is 15.7. The largest absolute Gasteiger partial charge is 0.508 e. The highest BCUT2D eigenvalue weighted by molar-refractivity contribution is 8.55. The second kappa shape index (κ2) is 9.03. The molecule has 170 valence electrons. The van der Waals surface area contributed by atoms with Crippen molar-refractivity contribution < 1.29 is 28.3 Å². The first kappa shape index (κ1) is 23.1. The summed E-state index contributed by atoms with van der Waals surface area (Å²) in [5.41, 5.74) is 4.05. The third-order valence-electron chi connectivity index (χ3n) is 5.05. The Bertz CT molecular complexity index is 1450. The van der Waals surface area contributed by atoms with Gasteiger partial charge in [0.2, 0.25) is 5.91 Å². The SMILES string of the molecule is COP(=O)(O)SCC(=O)Nc1ccc(-c2c3ccc(=O)cc-3oc3cc(O)ccc23)c(C)c1. The van der Waals surface area contributed by atoms with Crippen molar-refractivity contribution in [3.63, 3.8) is 0 Å². The molecule has 0 fully saturated rings. The molecule has 1 unspecified atom stereocenters. The first-order valence-corrected chi connectivity index (χ1v) is 13.0. The first-order valence-electron chi connectivity index (χ1n) is 9.80. The molecule has 0 spiro atoms. The number of benzene rings is 3. The van der Waals surface area contributed by atoms with E-state index in [0.29, 0.717) is 28.4 Å². The van der Waals surface area contributed by atoms with Gasteiger partial charge in [-0.25, -0.2) is 4.57 Å². The van der Waals surface area contributed by atoms with Crippen LogP contribution in [0.1, 0.15) is 5.56 Å². The van der Waals surface area contributed by atoms with Crippen molar-refractivity contribution in [1.29, 1.82) is 0 Å². The van der Waals surface area contributed by atoms with Gasteiger partial charge in [-0.05, 0) is 65.8 Å². The Morgan fingerprint density at radius 2 is 1.88 bits per heavy atom. The molecule has 1 aliphatic carbocycles. The zero-order chi connectivity index (χ0) is 23.8. The van der Waals surface area contributed by atoms with E-state index in [1.807, 2.05) is 13.0 Å². The molecule has 1 atom stereocenters. The maximum absolute atomic E-state index is 12.2. The molecule has 2 aromatic rings. The summed E-state index contributed by atoms with van der Waals surface area (Å²) in [5.74, 6) is -0.232. The number of hydrogen-bond acceptors (Lipinski definition) is 7. The average molecular weight is 485 g/mol. The Labute approximate surface area is 192 Å². The van der Waals surface area contributed by atoms with Gasteiger partial charge in [0.25, 0.3) is 0 Å². The molecule has 0 saturated carbocycles. The zero-order valence-corrected chi connectivity index (χ0v) is 19.4. The van der Waals surface area contributed by atoms with Crippen molar-refractivity contribution >= 4 is 40.7 Å². The van der Waals surface area contributed by atoms with Crippen molar-refractivity contribution in [2.75, 3.05) is 18.2 Å². The summed E-state index contributed by atoms with van der Waals surface area (Å²) in [7, 11) is 1.11. The number of phenols is 1. The predicted octanol–water partition coefficient (Wildman–Crippen LogP) is 5.00. The highest BCUT2D eigenvalue weighted by Crippen LogP contribution is 2.54. The van der Waals surface area contributed by atoms with Crippen LogP contribution < -0.4 is 10.7 Å². The van der Waals surface area contributed by atoms with Crippen LogP contribution in [0.3, 0.4) is 0 Å². The Hall–Kier alpha value is -3.10. The fraction of sp³-hybridized carbons (Fsp3) is 0.130. The molecule has 0 saturated heterocycles. The Balaban J connectivity index is 1.74. The van der Waals surface area contributed by atoms with Gasteiger partial charge in [0.05, 0.1) is 5.75 Å². The van der Waals surface area contributed by atoms with Gasteiger partial charge in [0.15, 0.2) is 5.43 Å². The van der Waals surface area contributed by atoms with Crippen LogP contribution >= 0.6 is 18.2 Å². The molecule has 1 amide bonds. The summed E-state index contributed by atoms with van der Waals surface area (Å²) in [4.78, 5) is 33.5. The fourth-order valence-electron chi connectivity index (χ4n) is 3.56. The average Bonchev–Trinajstić information content (AvgIpc) is 2.76. The van der Waals surface area contributed by atoms with Crippen LogP contribution in [-0.2, 0) is 13.9 Å². The summed E-state index contributed by atoms with van der Waals surface area (Å²) < 4.78 is 21.9. The third kappa shape index (κ3) is 4.96. The molecule has 2 aliphatic rings. The van der Waals surface area contributed by atoms with Gasteiger partial charge in [-0.3, -0.25) is 9.59 Å². The van der Waals surface area contributed by atoms with E-state index in [1.165, 1.54) is 18.2 Å². The van der Waals surface area contributed by atoms with E-state index >= 15 is 0 Å². The summed E-state index contributed by atoms with van der Waals surface area (Å²) >= 11 is 0.536. The lowest BCUT2D eigenvalue weighted by atomic mass is 9.91. The van der Waals surface area contributed by atoms with Crippen molar-refractivity contribution in [2.45, 2.75) is 6.92 Å². The van der Waals surface area contributed by atoms with Crippen LogP contribution in [0.25, 0.3) is 33.4 Å². The molecule has 1 aliphatic heterocycles. The minimum Gasteiger partial charge on any atom is -0.508 e. The molecule has 33 heavy (non-hydrogen) atoms. The molecule has 2 aromatic carbocycles. The smallest absolute Gasteiger partial charge is 0.386 e. The van der Waals surface area contributed by atoms with E-state index in [9.17, 15) is 24.2 Å². The molecule has 10 heteroatoms. The number of carbonyl (C=O) groups excluding carboxylic acids is 1. The molecule has 3 N–H and O–H groups in total. The van der Waals surface area contributed by atoms with E-state index in [4.69, 9.17) is 4.42 Å². The van der Waals surface area contributed by atoms with Crippen LogP contribution in [0, 0.1) is 6.92 Å². The van der Waals surface area contributed by atoms with E-state index < -0.39 is 12.7 Å². The number of phenolic OH excluding ortho intramolecular Hbond substituents is 1. The van der Waals surface area contributed by atoms with Crippen LogP contribution in [0.15, 0.2) is 63.8 Å². The predicted molar refractivity (Wildman–Crippen MR) is 129 cm³/mol. The molecule has 4 rings (SSSR count). The van der Waals surface area contributed by atoms with Gasteiger partial charge in [0, 0.05) is 41.4 Å². The lowest BCUT2D eigenvalue weighted by Gasteiger charge is -2.17. The minimum atomic E-state index is -3.84. The van der Waals surface area contributed by atoms with Gasteiger partial charge in [0.1, 0.15) is 17.1 Å². The molecule has 1 heterocycles. The molecular weight excluding hydrogens is 465 g/mol. The van der Waals surface area contributed by atoms with Gasteiger partial charge < -0.3 is 24.3 Å². The van der Waals surface area contributed by atoms with Crippen molar-refractivity contribution in [3.8, 4) is 28.2 Å². The molecule has 0 bridgehead atoms. The fourth-order valence-corrected chi connectivity index (χ4v) is 5.18. The molecular formula is C23H20NO7PS. The number of amides is 1. The number of aryl methyl sites for hydroxylation is 1. The van der Waals surface area contributed by atoms with Gasteiger partial charge in [-0.2, -0.15) is 0 Å². The molecule has 0 aromatic heterocycles. The Morgan fingerprint density at radius 1 is 1.12 bits per heavy atom. The lowest BCUT2D eigenvalue weighted by molar-refractivity contribution is -0.113. The van der Waals surface area contributed by atoms with E-state index in [-0.39, 0.29) is 16.9 Å². The maximum Gasteiger partial charge on any atom is 0.386 e. The lowest BCUT2D eigenvalue weighted by Crippen LogP contribution is -2.14. The van der Waals surface area contributed by atoms with Gasteiger partial charge >= 0.3 is 6.80 Å². The van der Waals surface area contributed by atoms with Crippen molar-refractivity contribution in [2.24, 2.45) is 0 Å². The second-order valence-corrected chi connectivity index (χ2v) is 11.3. The number of nitrogens with one attached hydrogen (secondary N) is 1. The van der Waals surface area contributed by atoms with Crippen molar-refractivity contribution in [1.82, 2.24) is 0 Å². The van der Waals surface area contributed by atoms with E-state index in [1.54, 1.807) is 30.3 Å². The summed E-state index contributed by atoms with van der Waals surface area (Å²) in [5, 5.41) is 13.4. The highest BCUT2D eigenvalue weighted by Gasteiger charge is 2.21. The van der Waals surface area contributed by atoms with Crippen LogP contribution in [0.2, 0.25) is 0 Å². The minimum absolute atomic E-state index is 0.0448. The normalized spacial score (nSPS) is 13.2. The Kier molecular flexibility index (Phi) is 6.32. The topological polar surface area (TPSA) is 126 Å². The van der Waals surface area contributed by atoms with Crippen LogP contribution in [-0.4, -0.2) is 28.8 Å². The van der Waals surface area contributed by atoms with Crippen LogP contribution in [0.4, 0.5) is 5.69 Å². The quantitative estimate of drug-likeness (QED) is 0.257. The second-order valence-electron chi connectivity index (χ2n) is 7.32. The monoisotopic (exact) mass is 485 g/mol. The van der Waals surface area contributed by atoms with Crippen molar-refractivity contribution in [3.05, 3.63) is 70.4 Å². The number of anilines is 1. The number of fused-ring (bicyclic) bond motifs is 2. The third-order valence-corrected chi connectivity index (χ3v) is 8.04. The number of aromatic hydroxyl groups is 1. The highest BCUT2D eigenvalue weighted by atomic mass is 32.7. The standard InChI is InChI=1S/C23H20NO7PS/c1-13-9-14(24-22(27)12-33-32(28,29)30-2)3-6-17(13)23-18-7-4-15(25)10-20(18)31-21-11-16(26)5-8-19(21)23/h3-11,25H,12H2,1-2H3,(H,24,27)(H,28,29). The summed E-state index contributed by atoms with van der Waals surface area (Å²) in [6.07, 6.45) is 0.